The molecule has 0 aliphatic rings. The minimum atomic E-state index is -0.637. The number of primary amides is 1. The minimum Gasteiger partial charge on any atom is -0.366 e. The van der Waals surface area contributed by atoms with Crippen LogP contribution in [0.4, 0.5) is 5.69 Å². The highest BCUT2D eigenvalue weighted by atomic mass is 16.2. The Morgan fingerprint density at radius 1 is 1.16 bits per heavy atom. The Labute approximate surface area is 108 Å². The average molecular weight is 257 g/mol. The average Bonchev–Trinajstić information content (AvgIpc) is 2.39. The summed E-state index contributed by atoms with van der Waals surface area (Å²) in [6, 6.07) is 9.01. The van der Waals surface area contributed by atoms with Gasteiger partial charge in [0, 0.05) is 17.8 Å². The molecule has 0 fully saturated rings. The van der Waals surface area contributed by atoms with Crippen LogP contribution in [0.2, 0.25) is 0 Å². The fraction of sp³-hybridized carbons (Fsp3) is 0. The Hall–Kier alpha value is -2.89. The van der Waals surface area contributed by atoms with Crippen molar-refractivity contribution in [2.24, 2.45) is 5.73 Å². The van der Waals surface area contributed by atoms with Crippen LogP contribution in [0.1, 0.15) is 20.7 Å². The first-order chi connectivity index (χ1) is 9.08. The van der Waals surface area contributed by atoms with Gasteiger partial charge in [0.2, 0.25) is 5.56 Å². The lowest BCUT2D eigenvalue weighted by Crippen LogP contribution is -2.19. The number of amides is 2. The van der Waals surface area contributed by atoms with Crippen LogP contribution >= 0.6 is 0 Å². The standard InChI is InChI=1S/C13H11N3O3/c14-12(18)9-3-1-2-4-10(9)16-13(19)8-5-6-15-11(17)7-8/h1-7H,(H2,14,18)(H,15,17)(H,16,19). The third kappa shape index (κ3) is 2.86. The molecule has 0 radical (unpaired) electrons. The molecule has 0 unspecified atom stereocenters. The van der Waals surface area contributed by atoms with Crippen LogP contribution in [-0.2, 0) is 0 Å². The van der Waals surface area contributed by atoms with Crippen molar-refractivity contribution in [1.82, 2.24) is 4.98 Å². The fourth-order valence-corrected chi connectivity index (χ4v) is 1.59. The molecule has 0 spiro atoms. The van der Waals surface area contributed by atoms with Crippen LogP contribution in [0.15, 0.2) is 47.4 Å². The number of aromatic amines is 1. The lowest BCUT2D eigenvalue weighted by Gasteiger charge is -2.08. The van der Waals surface area contributed by atoms with Gasteiger partial charge in [-0.1, -0.05) is 12.1 Å². The van der Waals surface area contributed by atoms with Crippen molar-refractivity contribution in [3.05, 3.63) is 64.1 Å². The van der Waals surface area contributed by atoms with Crippen LogP contribution in [0, 0.1) is 0 Å². The third-order valence-corrected chi connectivity index (χ3v) is 2.48. The van der Waals surface area contributed by atoms with E-state index in [0.29, 0.717) is 5.69 Å². The second-order valence-electron chi connectivity index (χ2n) is 3.81. The molecule has 0 saturated carbocycles. The van der Waals surface area contributed by atoms with Gasteiger partial charge >= 0.3 is 0 Å². The largest absolute Gasteiger partial charge is 0.366 e. The van der Waals surface area contributed by atoms with Crippen LogP contribution in [0.5, 0.6) is 0 Å². The second-order valence-corrected chi connectivity index (χ2v) is 3.81. The minimum absolute atomic E-state index is 0.197. The summed E-state index contributed by atoms with van der Waals surface area (Å²) in [5.74, 6) is -1.12. The zero-order valence-electron chi connectivity index (χ0n) is 9.84. The van der Waals surface area contributed by atoms with E-state index in [1.165, 1.54) is 24.4 Å². The topological polar surface area (TPSA) is 105 Å². The summed E-state index contributed by atoms with van der Waals surface area (Å²) in [7, 11) is 0. The van der Waals surface area contributed by atoms with E-state index in [2.05, 4.69) is 10.3 Å². The van der Waals surface area contributed by atoms with Crippen LogP contribution < -0.4 is 16.6 Å². The van der Waals surface area contributed by atoms with E-state index < -0.39 is 11.8 Å². The van der Waals surface area contributed by atoms with E-state index in [1.807, 2.05) is 0 Å². The van der Waals surface area contributed by atoms with Gasteiger partial charge in [-0.25, -0.2) is 0 Å². The number of rotatable bonds is 3. The number of hydrogen-bond acceptors (Lipinski definition) is 3. The van der Waals surface area contributed by atoms with Gasteiger partial charge in [0.25, 0.3) is 11.8 Å². The van der Waals surface area contributed by atoms with E-state index in [9.17, 15) is 14.4 Å². The molecule has 2 rings (SSSR count). The van der Waals surface area contributed by atoms with Gasteiger partial charge in [-0.15, -0.1) is 0 Å². The maximum Gasteiger partial charge on any atom is 0.255 e. The Kier molecular flexibility index (Phi) is 3.42. The summed E-state index contributed by atoms with van der Waals surface area (Å²) >= 11 is 0. The summed E-state index contributed by atoms with van der Waals surface area (Å²) < 4.78 is 0. The Balaban J connectivity index is 2.29. The molecule has 96 valence electrons. The molecule has 0 aliphatic carbocycles. The smallest absolute Gasteiger partial charge is 0.255 e. The van der Waals surface area contributed by atoms with Gasteiger partial charge in [0.1, 0.15) is 0 Å². The van der Waals surface area contributed by atoms with Crippen molar-refractivity contribution in [2.45, 2.75) is 0 Å². The van der Waals surface area contributed by atoms with Gasteiger partial charge in [0.15, 0.2) is 0 Å². The number of carbonyl (C=O) groups is 2. The van der Waals surface area contributed by atoms with Crippen molar-refractivity contribution in [2.75, 3.05) is 5.32 Å². The number of para-hydroxylation sites is 1. The SMILES string of the molecule is NC(=O)c1ccccc1NC(=O)c1cc[nH]c(=O)c1. The molecule has 0 atom stereocenters. The highest BCUT2D eigenvalue weighted by Crippen LogP contribution is 2.15. The number of aromatic nitrogens is 1. The van der Waals surface area contributed by atoms with E-state index in [0.717, 1.165) is 0 Å². The van der Waals surface area contributed by atoms with Crippen molar-refractivity contribution in [3.8, 4) is 0 Å². The van der Waals surface area contributed by atoms with Crippen molar-refractivity contribution in [3.63, 3.8) is 0 Å². The van der Waals surface area contributed by atoms with Crippen LogP contribution in [-0.4, -0.2) is 16.8 Å². The quantitative estimate of drug-likeness (QED) is 0.754. The lowest BCUT2D eigenvalue weighted by atomic mass is 10.1. The molecule has 6 nitrogen and oxygen atoms in total. The Morgan fingerprint density at radius 3 is 2.58 bits per heavy atom. The normalized spacial score (nSPS) is 9.89. The highest BCUT2D eigenvalue weighted by Gasteiger charge is 2.11. The zero-order chi connectivity index (χ0) is 13.8. The lowest BCUT2D eigenvalue weighted by molar-refractivity contribution is 0.100. The summed E-state index contributed by atoms with van der Waals surface area (Å²) in [4.78, 5) is 36.7. The molecule has 4 N–H and O–H groups in total. The number of anilines is 1. The first-order valence-corrected chi connectivity index (χ1v) is 5.47. The molecule has 0 bridgehead atoms. The van der Waals surface area contributed by atoms with E-state index in [4.69, 9.17) is 5.73 Å². The molecule has 19 heavy (non-hydrogen) atoms. The summed E-state index contributed by atoms with van der Waals surface area (Å²) in [6.07, 6.45) is 1.37. The Bertz CT molecular complexity index is 691. The van der Waals surface area contributed by atoms with Gasteiger partial charge in [-0.3, -0.25) is 14.4 Å². The summed E-state index contributed by atoms with van der Waals surface area (Å²) in [5.41, 5.74) is 5.54. The van der Waals surface area contributed by atoms with E-state index >= 15 is 0 Å². The van der Waals surface area contributed by atoms with Crippen molar-refractivity contribution < 1.29 is 9.59 Å². The number of hydrogen-bond donors (Lipinski definition) is 3. The number of pyridine rings is 1. The molecule has 1 aromatic carbocycles. The van der Waals surface area contributed by atoms with Crippen LogP contribution in [0.3, 0.4) is 0 Å². The summed E-state index contributed by atoms with van der Waals surface area (Å²) in [6.45, 7) is 0. The van der Waals surface area contributed by atoms with Gasteiger partial charge < -0.3 is 16.0 Å². The highest BCUT2D eigenvalue weighted by molar-refractivity contribution is 6.08. The monoisotopic (exact) mass is 257 g/mol. The summed E-state index contributed by atoms with van der Waals surface area (Å²) in [5, 5.41) is 2.54. The maximum atomic E-state index is 11.9. The molecular formula is C13H11N3O3. The van der Waals surface area contributed by atoms with Gasteiger partial charge in [-0.2, -0.15) is 0 Å². The molecule has 6 heteroatoms. The number of nitrogens with two attached hydrogens (primary N) is 1. The molecule has 1 aromatic heterocycles. The zero-order valence-corrected chi connectivity index (χ0v) is 9.84. The first-order valence-electron chi connectivity index (χ1n) is 5.47. The molecule has 2 amide bonds. The number of carbonyl (C=O) groups excluding carboxylic acids is 2. The number of benzene rings is 1. The molecule has 0 saturated heterocycles. The molecular weight excluding hydrogens is 246 g/mol. The van der Waals surface area contributed by atoms with Crippen molar-refractivity contribution in [1.29, 1.82) is 0 Å². The second kappa shape index (κ2) is 5.18. The number of nitrogens with one attached hydrogen (secondary N) is 2. The number of H-pyrrole nitrogens is 1. The van der Waals surface area contributed by atoms with E-state index in [1.54, 1.807) is 18.2 Å². The molecule has 2 aromatic rings. The van der Waals surface area contributed by atoms with E-state index in [-0.39, 0.29) is 16.7 Å². The van der Waals surface area contributed by atoms with Gasteiger partial charge in [0.05, 0.1) is 11.3 Å². The molecule has 1 heterocycles. The van der Waals surface area contributed by atoms with Gasteiger partial charge in [-0.05, 0) is 18.2 Å². The Morgan fingerprint density at radius 2 is 1.89 bits per heavy atom. The predicted octanol–water partition coefficient (Wildman–Crippen LogP) is 0.726. The molecule has 0 aliphatic heterocycles. The predicted molar refractivity (Wildman–Crippen MR) is 70.0 cm³/mol. The maximum absolute atomic E-state index is 11.9. The first kappa shape index (κ1) is 12.6. The fourth-order valence-electron chi connectivity index (χ4n) is 1.59. The third-order valence-electron chi connectivity index (χ3n) is 2.48. The van der Waals surface area contributed by atoms with Crippen molar-refractivity contribution >= 4 is 17.5 Å². The van der Waals surface area contributed by atoms with Crippen LogP contribution in [0.25, 0.3) is 0 Å².